The Morgan fingerprint density at radius 3 is 2.15 bits per heavy atom. The van der Waals surface area contributed by atoms with Gasteiger partial charge in [-0.2, -0.15) is 0 Å². The van der Waals surface area contributed by atoms with Crippen molar-refractivity contribution in [1.29, 1.82) is 0 Å². The maximum absolute atomic E-state index is 11.4. The summed E-state index contributed by atoms with van der Waals surface area (Å²) in [7, 11) is -0.188. The molecule has 1 aliphatic rings. The molecule has 20 heavy (non-hydrogen) atoms. The number of methoxy groups -OCH3 is 1. The Hall–Kier alpha value is -0.263. The first-order chi connectivity index (χ1) is 9.14. The van der Waals surface area contributed by atoms with Gasteiger partial charge in [-0.25, -0.2) is 4.79 Å². The minimum atomic E-state index is -1.61. The van der Waals surface area contributed by atoms with E-state index in [2.05, 4.69) is 39.7 Å². The molecule has 0 heterocycles. The smallest absolute Gasteiger partial charge is 0.330 e. The highest BCUT2D eigenvalue weighted by Gasteiger charge is 2.47. The average molecular weight is 317 g/mol. The molecule has 0 bridgehead atoms. The minimum absolute atomic E-state index is 0.127. The highest BCUT2D eigenvalue weighted by molar-refractivity contribution is 7.99. The Morgan fingerprint density at radius 2 is 1.80 bits per heavy atom. The van der Waals surface area contributed by atoms with E-state index in [1.54, 1.807) is 6.08 Å². The molecule has 0 aromatic heterocycles. The van der Waals surface area contributed by atoms with Crippen molar-refractivity contribution >= 4 is 26.0 Å². The van der Waals surface area contributed by atoms with Crippen LogP contribution >= 0.6 is 11.8 Å². The van der Waals surface area contributed by atoms with Gasteiger partial charge in [0.25, 0.3) is 0 Å². The van der Waals surface area contributed by atoms with Gasteiger partial charge in [-0.1, -0.05) is 19.4 Å². The SMILES string of the molecule is COC(=O)C=C1C[C@@H](C)C(O[Si](C)(C)C)(SC)[C@H](C)C1. The molecule has 1 rings (SSSR count). The number of allylic oxidation sites excluding steroid dienone is 1. The van der Waals surface area contributed by atoms with Crippen LogP contribution in [0.3, 0.4) is 0 Å². The van der Waals surface area contributed by atoms with Gasteiger partial charge in [0.05, 0.1) is 7.11 Å². The lowest BCUT2D eigenvalue weighted by Crippen LogP contribution is -2.51. The monoisotopic (exact) mass is 316 g/mol. The second-order valence-corrected chi connectivity index (χ2v) is 12.2. The van der Waals surface area contributed by atoms with Gasteiger partial charge in [0.2, 0.25) is 0 Å². The largest absolute Gasteiger partial charge is 0.466 e. The Morgan fingerprint density at radius 1 is 1.30 bits per heavy atom. The zero-order valence-electron chi connectivity index (χ0n) is 13.8. The number of thioether (sulfide) groups is 1. The van der Waals surface area contributed by atoms with Crippen molar-refractivity contribution in [2.24, 2.45) is 11.8 Å². The van der Waals surface area contributed by atoms with Gasteiger partial charge in [-0.15, -0.1) is 11.8 Å². The molecule has 0 spiro atoms. The molecule has 5 heteroatoms. The van der Waals surface area contributed by atoms with Crippen LogP contribution in [0, 0.1) is 11.8 Å². The summed E-state index contributed by atoms with van der Waals surface area (Å²) in [4.78, 5) is 11.3. The topological polar surface area (TPSA) is 35.5 Å². The molecule has 0 radical (unpaired) electrons. The Balaban J connectivity index is 2.98. The molecular formula is C15H28O3SSi. The third kappa shape index (κ3) is 4.12. The lowest BCUT2D eigenvalue weighted by Gasteiger charge is -2.50. The van der Waals surface area contributed by atoms with Crippen LogP contribution in [0.2, 0.25) is 19.6 Å². The number of rotatable bonds is 4. The first kappa shape index (κ1) is 17.8. The van der Waals surface area contributed by atoms with Crippen molar-refractivity contribution in [1.82, 2.24) is 0 Å². The molecule has 1 aliphatic carbocycles. The molecule has 0 unspecified atom stereocenters. The van der Waals surface area contributed by atoms with E-state index in [-0.39, 0.29) is 10.9 Å². The molecular weight excluding hydrogens is 288 g/mol. The predicted octanol–water partition coefficient (Wildman–Crippen LogP) is 4.06. The van der Waals surface area contributed by atoms with Crippen molar-refractivity contribution in [3.63, 3.8) is 0 Å². The van der Waals surface area contributed by atoms with Crippen LogP contribution in [-0.2, 0) is 14.0 Å². The summed E-state index contributed by atoms with van der Waals surface area (Å²) in [6.07, 6.45) is 5.61. The zero-order chi connectivity index (χ0) is 15.6. The van der Waals surface area contributed by atoms with Crippen LogP contribution in [-0.4, -0.2) is 32.6 Å². The third-order valence-corrected chi connectivity index (χ3v) is 6.44. The van der Waals surface area contributed by atoms with E-state index in [9.17, 15) is 4.79 Å². The van der Waals surface area contributed by atoms with Gasteiger partial charge in [-0.05, 0) is 50.6 Å². The number of carbonyl (C=O) groups is 1. The van der Waals surface area contributed by atoms with Crippen LogP contribution in [0.15, 0.2) is 11.6 Å². The van der Waals surface area contributed by atoms with E-state index in [1.807, 2.05) is 11.8 Å². The lowest BCUT2D eigenvalue weighted by atomic mass is 9.77. The summed E-state index contributed by atoms with van der Waals surface area (Å²) in [5, 5.41) is 0. The van der Waals surface area contributed by atoms with Crippen LogP contribution < -0.4 is 0 Å². The average Bonchev–Trinajstić information content (AvgIpc) is 2.32. The van der Waals surface area contributed by atoms with Crippen molar-refractivity contribution < 1.29 is 14.0 Å². The number of hydrogen-bond acceptors (Lipinski definition) is 4. The molecule has 0 N–H and O–H groups in total. The molecule has 0 aliphatic heterocycles. The van der Waals surface area contributed by atoms with E-state index in [4.69, 9.17) is 9.16 Å². The molecule has 116 valence electrons. The lowest BCUT2D eigenvalue weighted by molar-refractivity contribution is -0.135. The van der Waals surface area contributed by atoms with Crippen LogP contribution in [0.5, 0.6) is 0 Å². The molecule has 0 aromatic carbocycles. The summed E-state index contributed by atoms with van der Waals surface area (Å²) >= 11 is 1.83. The third-order valence-electron chi connectivity index (χ3n) is 3.82. The van der Waals surface area contributed by atoms with Gasteiger partial charge < -0.3 is 9.16 Å². The van der Waals surface area contributed by atoms with Crippen LogP contribution in [0.1, 0.15) is 26.7 Å². The number of ether oxygens (including phenoxy) is 1. The summed E-state index contributed by atoms with van der Waals surface area (Å²) in [5.41, 5.74) is 1.18. The van der Waals surface area contributed by atoms with Crippen molar-refractivity contribution in [3.8, 4) is 0 Å². The molecule has 2 atom stereocenters. The number of esters is 1. The molecule has 1 fully saturated rings. The van der Waals surface area contributed by atoms with Crippen molar-refractivity contribution in [2.45, 2.75) is 51.3 Å². The number of carbonyl (C=O) groups excluding carboxylic acids is 1. The summed E-state index contributed by atoms with van der Waals surface area (Å²) in [6.45, 7) is 11.2. The quantitative estimate of drug-likeness (QED) is 0.339. The van der Waals surface area contributed by atoms with Crippen LogP contribution in [0.25, 0.3) is 0 Å². The van der Waals surface area contributed by atoms with Gasteiger partial charge in [0.1, 0.15) is 4.93 Å². The fourth-order valence-electron chi connectivity index (χ4n) is 3.11. The standard InChI is InChI=1S/C15H28O3SSi/c1-11-8-13(10-14(16)17-3)9-12(2)15(11,19-4)18-20(5,6)7/h10-12H,8-9H2,1-7H3/t11-,12-,15?/m1/s1. The highest BCUT2D eigenvalue weighted by Crippen LogP contribution is 2.50. The van der Waals surface area contributed by atoms with E-state index in [0.717, 1.165) is 12.8 Å². The second-order valence-electron chi connectivity index (χ2n) is 6.68. The normalized spacial score (nSPS) is 31.1. The maximum atomic E-state index is 11.4. The molecule has 0 saturated heterocycles. The molecule has 0 aromatic rings. The van der Waals surface area contributed by atoms with Crippen LogP contribution in [0.4, 0.5) is 0 Å². The Kier molecular flexibility index (Phi) is 5.93. The van der Waals surface area contributed by atoms with E-state index in [1.165, 1.54) is 12.7 Å². The van der Waals surface area contributed by atoms with Gasteiger partial charge in [-0.3, -0.25) is 0 Å². The summed E-state index contributed by atoms with van der Waals surface area (Å²) < 4.78 is 11.3. The second kappa shape index (κ2) is 6.67. The van der Waals surface area contributed by atoms with E-state index in [0.29, 0.717) is 11.8 Å². The van der Waals surface area contributed by atoms with Gasteiger partial charge >= 0.3 is 5.97 Å². The molecule has 1 saturated carbocycles. The van der Waals surface area contributed by atoms with Crippen molar-refractivity contribution in [3.05, 3.63) is 11.6 Å². The van der Waals surface area contributed by atoms with Crippen molar-refractivity contribution in [2.75, 3.05) is 13.4 Å². The first-order valence-corrected chi connectivity index (χ1v) is 11.8. The summed E-state index contributed by atoms with van der Waals surface area (Å²) in [6, 6.07) is 0. The highest BCUT2D eigenvalue weighted by atomic mass is 32.2. The van der Waals surface area contributed by atoms with E-state index >= 15 is 0 Å². The Bertz CT molecular complexity index is 373. The fraction of sp³-hybridized carbons (Fsp3) is 0.800. The first-order valence-electron chi connectivity index (χ1n) is 7.17. The maximum Gasteiger partial charge on any atom is 0.330 e. The Labute approximate surface area is 128 Å². The zero-order valence-corrected chi connectivity index (χ0v) is 15.6. The minimum Gasteiger partial charge on any atom is -0.466 e. The van der Waals surface area contributed by atoms with Gasteiger partial charge in [0.15, 0.2) is 8.32 Å². The van der Waals surface area contributed by atoms with Gasteiger partial charge in [0, 0.05) is 6.08 Å². The van der Waals surface area contributed by atoms with E-state index < -0.39 is 8.32 Å². The molecule has 3 nitrogen and oxygen atoms in total. The fourth-order valence-corrected chi connectivity index (χ4v) is 6.52. The molecule has 0 amide bonds. The summed E-state index contributed by atoms with van der Waals surface area (Å²) in [5.74, 6) is 0.537. The number of hydrogen-bond donors (Lipinski definition) is 0. The predicted molar refractivity (Wildman–Crippen MR) is 88.3 cm³/mol.